The molecule has 0 nitrogen and oxygen atoms in total. The summed E-state index contributed by atoms with van der Waals surface area (Å²) < 4.78 is 0. The molecular weight excluding hydrogens is 577 g/mol. The fraction of sp³-hybridized carbons (Fsp3) is 0.917. The average Bonchev–Trinajstić information content (AvgIpc) is 3.10. The van der Waals surface area contributed by atoms with Gasteiger partial charge in [-0.25, -0.2) is 0 Å². The first-order chi connectivity index (χ1) is 23.7. The summed E-state index contributed by atoms with van der Waals surface area (Å²) >= 11 is 0. The molecule has 0 atom stereocenters. The summed E-state index contributed by atoms with van der Waals surface area (Å²) in [5.74, 6) is 0. The van der Waals surface area contributed by atoms with Crippen molar-refractivity contribution in [2.24, 2.45) is 0 Å². The van der Waals surface area contributed by atoms with E-state index >= 15 is 0 Å². The molecule has 0 saturated carbocycles. The fourth-order valence-corrected chi connectivity index (χ4v) is 6.20. The molecule has 0 rings (SSSR count). The highest BCUT2D eigenvalue weighted by Crippen LogP contribution is 2.14. The molecule has 0 spiro atoms. The van der Waals surface area contributed by atoms with Crippen LogP contribution >= 0.6 is 0 Å². The maximum Gasteiger partial charge on any atom is -0.0351 e. The monoisotopic (exact) mass is 675 g/mol. The van der Waals surface area contributed by atoms with Crippen molar-refractivity contribution >= 4 is 0 Å². The predicted molar refractivity (Wildman–Crippen MR) is 228 cm³/mol. The molecule has 0 fully saturated rings. The quantitative estimate of drug-likeness (QED) is 0.0454. The van der Waals surface area contributed by atoms with E-state index in [4.69, 9.17) is 0 Å². The molecular formula is C48H98. The van der Waals surface area contributed by atoms with Crippen LogP contribution in [-0.2, 0) is 0 Å². The van der Waals surface area contributed by atoms with Crippen molar-refractivity contribution in [3.8, 4) is 0 Å². The number of hydrogen-bond donors (Lipinski definition) is 0. The van der Waals surface area contributed by atoms with Crippen LogP contribution in [0.15, 0.2) is 24.3 Å². The molecule has 0 radical (unpaired) electrons. The molecule has 0 N–H and O–H groups in total. The van der Waals surface area contributed by atoms with Crippen molar-refractivity contribution in [3.63, 3.8) is 0 Å². The molecule has 0 aliphatic rings. The number of rotatable bonds is 37. The summed E-state index contributed by atoms with van der Waals surface area (Å²) in [6.45, 7) is 13.7. The summed E-state index contributed by atoms with van der Waals surface area (Å²) in [7, 11) is 0. The Labute approximate surface area is 309 Å². The van der Waals surface area contributed by atoms with Gasteiger partial charge in [-0.05, 0) is 51.4 Å². The first-order valence-corrected chi connectivity index (χ1v) is 23.0. The first kappa shape index (κ1) is 51.8. The smallest absolute Gasteiger partial charge is 0.0351 e. The third-order valence-electron chi connectivity index (χ3n) is 9.69. The van der Waals surface area contributed by atoms with Crippen LogP contribution in [0.25, 0.3) is 0 Å². The standard InChI is InChI=1S/C23H46.C16H32.C9H20/c1-3-5-7-9-11-13-15-17-19-21-23-22-20-18-16-14-12-10-8-6-4-2;1-3-5-7-9-11-13-15-16-14-12-10-8-6-4-2;1-3-5-7-9-8-6-4-2/h13,15H,3-12,14,16-23H2,1-2H3;13,15H,3-12,14,16H2,1-2H3;3-9H2,1-2H3/b2*15-13-;. The minimum atomic E-state index is 1.30. The molecule has 0 bridgehead atoms. The maximum absolute atomic E-state index is 2.42. The van der Waals surface area contributed by atoms with Crippen LogP contribution in [-0.4, -0.2) is 0 Å². The van der Waals surface area contributed by atoms with E-state index in [0.717, 1.165) is 0 Å². The topological polar surface area (TPSA) is 0 Å². The summed E-state index contributed by atoms with van der Waals surface area (Å²) in [6, 6.07) is 0. The van der Waals surface area contributed by atoms with E-state index < -0.39 is 0 Å². The van der Waals surface area contributed by atoms with Crippen LogP contribution in [0.1, 0.15) is 286 Å². The molecule has 0 heteroatoms. The van der Waals surface area contributed by atoms with Gasteiger partial charge in [0, 0.05) is 0 Å². The highest BCUT2D eigenvalue weighted by Gasteiger charge is 1.94. The van der Waals surface area contributed by atoms with Crippen molar-refractivity contribution in [2.45, 2.75) is 286 Å². The van der Waals surface area contributed by atoms with Gasteiger partial charge in [0.25, 0.3) is 0 Å². The van der Waals surface area contributed by atoms with Gasteiger partial charge in [-0.1, -0.05) is 258 Å². The molecule has 0 heterocycles. The van der Waals surface area contributed by atoms with Gasteiger partial charge >= 0.3 is 0 Å². The van der Waals surface area contributed by atoms with Crippen LogP contribution in [0.3, 0.4) is 0 Å². The Morgan fingerprint density at radius 1 is 0.167 bits per heavy atom. The zero-order valence-corrected chi connectivity index (χ0v) is 35.2. The number of allylic oxidation sites excluding steroid dienone is 4. The van der Waals surface area contributed by atoms with E-state index in [1.807, 2.05) is 0 Å². The van der Waals surface area contributed by atoms with Crippen molar-refractivity contribution in [2.75, 3.05) is 0 Å². The van der Waals surface area contributed by atoms with Gasteiger partial charge in [0.2, 0.25) is 0 Å². The van der Waals surface area contributed by atoms with E-state index in [9.17, 15) is 0 Å². The number of unbranched alkanes of at least 4 members (excludes halogenated alkanes) is 33. The minimum Gasteiger partial charge on any atom is -0.0885 e. The minimum absolute atomic E-state index is 1.30. The van der Waals surface area contributed by atoms with Crippen molar-refractivity contribution in [3.05, 3.63) is 24.3 Å². The van der Waals surface area contributed by atoms with Gasteiger partial charge in [0.1, 0.15) is 0 Å². The molecule has 0 aliphatic carbocycles. The van der Waals surface area contributed by atoms with Crippen LogP contribution in [0.4, 0.5) is 0 Å². The Balaban J connectivity index is -0.000000699. The van der Waals surface area contributed by atoms with E-state index in [2.05, 4.69) is 65.8 Å². The maximum atomic E-state index is 2.42. The zero-order chi connectivity index (χ0) is 35.7. The molecule has 0 unspecified atom stereocenters. The van der Waals surface area contributed by atoms with Crippen LogP contribution < -0.4 is 0 Å². The SMILES string of the molecule is CCCCCC/C=C\CCCCCCCC.CCCCCC/C=C\CCCCCCCCCCCCCCC.CCCCCCCCC. The molecule has 0 aromatic rings. The van der Waals surface area contributed by atoms with Gasteiger partial charge in [-0.2, -0.15) is 0 Å². The lowest BCUT2D eigenvalue weighted by Gasteiger charge is -2.02. The van der Waals surface area contributed by atoms with Gasteiger partial charge in [-0.15, -0.1) is 0 Å². The van der Waals surface area contributed by atoms with Crippen molar-refractivity contribution < 1.29 is 0 Å². The lowest BCUT2D eigenvalue weighted by Crippen LogP contribution is -1.82. The average molecular weight is 675 g/mol. The van der Waals surface area contributed by atoms with Gasteiger partial charge in [0.05, 0.1) is 0 Å². The van der Waals surface area contributed by atoms with Crippen LogP contribution in [0.5, 0.6) is 0 Å². The Hall–Kier alpha value is -0.520. The van der Waals surface area contributed by atoms with E-state index in [-0.39, 0.29) is 0 Å². The summed E-state index contributed by atoms with van der Waals surface area (Å²) in [5.41, 5.74) is 0. The van der Waals surface area contributed by atoms with Gasteiger partial charge in [-0.3, -0.25) is 0 Å². The first-order valence-electron chi connectivity index (χ1n) is 23.0. The van der Waals surface area contributed by atoms with E-state index in [1.165, 1.54) is 244 Å². The largest absolute Gasteiger partial charge is 0.0885 e. The molecule has 0 saturated heterocycles. The summed E-state index contributed by atoms with van der Waals surface area (Å²) in [6.07, 6.45) is 63.3. The highest BCUT2D eigenvalue weighted by molar-refractivity contribution is 4.82. The molecule has 0 aromatic carbocycles. The fourth-order valence-electron chi connectivity index (χ4n) is 6.20. The highest BCUT2D eigenvalue weighted by atomic mass is 14.0. The van der Waals surface area contributed by atoms with E-state index in [1.54, 1.807) is 0 Å². The van der Waals surface area contributed by atoms with Crippen molar-refractivity contribution in [1.82, 2.24) is 0 Å². The Kier molecular flexibility index (Phi) is 60.4. The molecule has 48 heavy (non-hydrogen) atoms. The summed E-state index contributed by atoms with van der Waals surface area (Å²) in [5, 5.41) is 0. The van der Waals surface area contributed by atoms with Gasteiger partial charge in [0.15, 0.2) is 0 Å². The van der Waals surface area contributed by atoms with Crippen LogP contribution in [0.2, 0.25) is 0 Å². The molecule has 290 valence electrons. The predicted octanol–water partition coefficient (Wildman–Crippen LogP) is 19.0. The summed E-state index contributed by atoms with van der Waals surface area (Å²) in [4.78, 5) is 0. The van der Waals surface area contributed by atoms with Crippen LogP contribution in [0, 0.1) is 0 Å². The second kappa shape index (κ2) is 55.9. The van der Waals surface area contributed by atoms with E-state index in [0.29, 0.717) is 0 Å². The lowest BCUT2D eigenvalue weighted by molar-refractivity contribution is 0.540. The molecule has 0 aromatic heterocycles. The molecule has 0 amide bonds. The lowest BCUT2D eigenvalue weighted by atomic mass is 10.0. The third kappa shape index (κ3) is 60.8. The van der Waals surface area contributed by atoms with Crippen molar-refractivity contribution in [1.29, 1.82) is 0 Å². The Morgan fingerprint density at radius 2 is 0.292 bits per heavy atom. The zero-order valence-electron chi connectivity index (χ0n) is 35.2. The molecule has 0 aliphatic heterocycles. The second-order valence-corrected chi connectivity index (χ2v) is 15.0. The normalized spacial score (nSPS) is 11.2. The Bertz CT molecular complexity index is 522. The number of hydrogen-bond acceptors (Lipinski definition) is 0. The van der Waals surface area contributed by atoms with Gasteiger partial charge < -0.3 is 0 Å². The second-order valence-electron chi connectivity index (χ2n) is 15.0. The third-order valence-corrected chi connectivity index (χ3v) is 9.69. The Morgan fingerprint density at radius 3 is 0.458 bits per heavy atom.